The minimum absolute atomic E-state index is 0.00100. The lowest BCUT2D eigenvalue weighted by atomic mass is 9.86. The van der Waals surface area contributed by atoms with Crippen LogP contribution in [0.4, 0.5) is 0 Å². The molecule has 1 heteroatoms. The van der Waals surface area contributed by atoms with Crippen LogP contribution in [-0.2, 0) is 0 Å². The van der Waals surface area contributed by atoms with Gasteiger partial charge >= 0.3 is 0 Å². The summed E-state index contributed by atoms with van der Waals surface area (Å²) in [5.41, 5.74) is 2.19. The first-order valence-electron chi connectivity index (χ1n) is 5.37. The van der Waals surface area contributed by atoms with Crippen molar-refractivity contribution in [3.63, 3.8) is 0 Å². The van der Waals surface area contributed by atoms with E-state index < -0.39 is 0 Å². The first-order chi connectivity index (χ1) is 7.54. The highest BCUT2D eigenvalue weighted by molar-refractivity contribution is 5.53. The standard InChI is InChI=1S/C15H17N/c1-15(2,3)14(11-12-16)10-9-13-7-5-4-6-8-13/h4-11H,1-3H3/b10-9+,14-11+. The molecular weight excluding hydrogens is 194 g/mol. The zero-order valence-corrected chi connectivity index (χ0v) is 10.1. The topological polar surface area (TPSA) is 23.8 Å². The molecule has 1 rings (SSSR count). The molecule has 0 aliphatic carbocycles. The van der Waals surface area contributed by atoms with Crippen LogP contribution in [0.1, 0.15) is 26.3 Å². The second-order valence-electron chi connectivity index (χ2n) is 4.72. The molecule has 0 aromatic heterocycles. The highest BCUT2D eigenvalue weighted by Gasteiger charge is 2.13. The Hall–Kier alpha value is -1.81. The summed E-state index contributed by atoms with van der Waals surface area (Å²) < 4.78 is 0. The van der Waals surface area contributed by atoms with E-state index in [0.29, 0.717) is 0 Å². The van der Waals surface area contributed by atoms with Crippen LogP contribution in [0.5, 0.6) is 0 Å². The summed E-state index contributed by atoms with van der Waals surface area (Å²) in [5, 5.41) is 8.74. The van der Waals surface area contributed by atoms with Gasteiger partial charge in [-0.05, 0) is 16.6 Å². The predicted molar refractivity (Wildman–Crippen MR) is 68.6 cm³/mol. The Labute approximate surface area is 97.7 Å². The van der Waals surface area contributed by atoms with Gasteiger partial charge in [-0.1, -0.05) is 63.3 Å². The molecule has 0 unspecified atom stereocenters. The van der Waals surface area contributed by atoms with Crippen LogP contribution < -0.4 is 0 Å². The molecule has 1 aromatic rings. The van der Waals surface area contributed by atoms with Crippen LogP contribution in [-0.4, -0.2) is 0 Å². The van der Waals surface area contributed by atoms with Crippen molar-refractivity contribution in [3.8, 4) is 6.07 Å². The predicted octanol–water partition coefficient (Wildman–Crippen LogP) is 4.20. The fourth-order valence-electron chi connectivity index (χ4n) is 1.33. The molecule has 0 aliphatic heterocycles. The molecule has 16 heavy (non-hydrogen) atoms. The summed E-state index contributed by atoms with van der Waals surface area (Å²) in [7, 11) is 0. The molecule has 0 radical (unpaired) electrons. The molecule has 1 aromatic carbocycles. The van der Waals surface area contributed by atoms with Crippen LogP contribution >= 0.6 is 0 Å². The van der Waals surface area contributed by atoms with E-state index in [-0.39, 0.29) is 5.41 Å². The van der Waals surface area contributed by atoms with Gasteiger partial charge < -0.3 is 0 Å². The maximum absolute atomic E-state index is 8.74. The van der Waals surface area contributed by atoms with Crippen molar-refractivity contribution in [2.75, 3.05) is 0 Å². The Morgan fingerprint density at radius 1 is 1.19 bits per heavy atom. The summed E-state index contributed by atoms with van der Waals surface area (Å²) in [6, 6.07) is 12.2. The van der Waals surface area contributed by atoms with Crippen LogP contribution in [0.2, 0.25) is 0 Å². The quantitative estimate of drug-likeness (QED) is 0.531. The van der Waals surface area contributed by atoms with E-state index in [1.165, 1.54) is 0 Å². The molecular formula is C15H17N. The van der Waals surface area contributed by atoms with Crippen molar-refractivity contribution in [3.05, 3.63) is 53.6 Å². The molecule has 0 fully saturated rings. The van der Waals surface area contributed by atoms with Crippen molar-refractivity contribution in [1.82, 2.24) is 0 Å². The molecule has 0 bridgehead atoms. The molecule has 0 atom stereocenters. The Morgan fingerprint density at radius 3 is 2.31 bits per heavy atom. The highest BCUT2D eigenvalue weighted by atomic mass is 14.2. The van der Waals surface area contributed by atoms with E-state index >= 15 is 0 Å². The highest BCUT2D eigenvalue weighted by Crippen LogP contribution is 2.26. The number of nitrogens with zero attached hydrogens (tertiary/aromatic N) is 1. The van der Waals surface area contributed by atoms with Crippen molar-refractivity contribution in [2.45, 2.75) is 20.8 Å². The smallest absolute Gasteiger partial charge is 0.0915 e. The van der Waals surface area contributed by atoms with Gasteiger partial charge in [0.1, 0.15) is 0 Å². The van der Waals surface area contributed by atoms with Gasteiger partial charge in [0.15, 0.2) is 0 Å². The number of benzene rings is 1. The number of nitriles is 1. The molecule has 0 N–H and O–H groups in total. The second-order valence-corrected chi connectivity index (χ2v) is 4.72. The van der Waals surface area contributed by atoms with E-state index in [1.807, 2.05) is 42.5 Å². The Balaban J connectivity index is 2.91. The van der Waals surface area contributed by atoms with Gasteiger partial charge in [0.2, 0.25) is 0 Å². The van der Waals surface area contributed by atoms with E-state index in [0.717, 1.165) is 11.1 Å². The van der Waals surface area contributed by atoms with Gasteiger partial charge in [-0.3, -0.25) is 0 Å². The maximum Gasteiger partial charge on any atom is 0.0915 e. The average molecular weight is 211 g/mol. The zero-order valence-electron chi connectivity index (χ0n) is 10.1. The van der Waals surface area contributed by atoms with Crippen molar-refractivity contribution in [1.29, 1.82) is 5.26 Å². The fraction of sp³-hybridized carbons (Fsp3) is 0.267. The largest absolute Gasteiger partial charge is 0.193 e. The summed E-state index contributed by atoms with van der Waals surface area (Å²) in [5.74, 6) is 0. The fourth-order valence-corrected chi connectivity index (χ4v) is 1.33. The third-order valence-corrected chi connectivity index (χ3v) is 2.34. The van der Waals surface area contributed by atoms with Crippen molar-refractivity contribution in [2.24, 2.45) is 5.41 Å². The molecule has 0 saturated heterocycles. The maximum atomic E-state index is 8.74. The molecule has 0 spiro atoms. The zero-order chi connectivity index (χ0) is 12.0. The van der Waals surface area contributed by atoms with Crippen LogP contribution in [0, 0.1) is 16.7 Å². The third kappa shape index (κ3) is 3.74. The van der Waals surface area contributed by atoms with E-state index in [1.54, 1.807) is 6.08 Å². The molecule has 82 valence electrons. The Morgan fingerprint density at radius 2 is 1.81 bits per heavy atom. The number of rotatable bonds is 2. The first kappa shape index (κ1) is 12.3. The summed E-state index contributed by atoms with van der Waals surface area (Å²) in [4.78, 5) is 0. The second kappa shape index (κ2) is 5.32. The third-order valence-electron chi connectivity index (χ3n) is 2.34. The normalized spacial score (nSPS) is 12.8. The van der Waals surface area contributed by atoms with Gasteiger partial charge in [-0.15, -0.1) is 0 Å². The van der Waals surface area contributed by atoms with Crippen LogP contribution in [0.15, 0.2) is 48.1 Å². The summed E-state index contributed by atoms with van der Waals surface area (Å²) in [6.07, 6.45) is 5.66. The average Bonchev–Trinajstić information content (AvgIpc) is 2.24. The van der Waals surface area contributed by atoms with E-state index in [2.05, 4.69) is 26.8 Å². The molecule has 0 amide bonds. The van der Waals surface area contributed by atoms with Gasteiger partial charge in [0.25, 0.3) is 0 Å². The Kier molecular flexibility index (Phi) is 4.08. The number of hydrogen-bond acceptors (Lipinski definition) is 1. The van der Waals surface area contributed by atoms with Gasteiger partial charge in [-0.2, -0.15) is 5.26 Å². The summed E-state index contributed by atoms with van der Waals surface area (Å²) >= 11 is 0. The Bertz CT molecular complexity index is 425. The summed E-state index contributed by atoms with van der Waals surface area (Å²) in [6.45, 7) is 6.31. The lowest BCUT2D eigenvalue weighted by molar-refractivity contribution is 0.518. The molecule has 0 heterocycles. The molecule has 0 saturated carbocycles. The number of allylic oxidation sites excluding steroid dienone is 3. The SMILES string of the molecule is CC(C)(C)C(/C=C/c1ccccc1)=C/C#N. The van der Waals surface area contributed by atoms with Gasteiger partial charge in [0.05, 0.1) is 6.07 Å². The van der Waals surface area contributed by atoms with Crippen LogP contribution in [0.25, 0.3) is 6.08 Å². The van der Waals surface area contributed by atoms with Gasteiger partial charge in [-0.25, -0.2) is 0 Å². The van der Waals surface area contributed by atoms with Crippen LogP contribution in [0.3, 0.4) is 0 Å². The van der Waals surface area contributed by atoms with Gasteiger partial charge in [0, 0.05) is 6.08 Å². The minimum atomic E-state index is 0.00100. The van der Waals surface area contributed by atoms with E-state index in [9.17, 15) is 0 Å². The molecule has 0 aliphatic rings. The van der Waals surface area contributed by atoms with Crippen molar-refractivity contribution < 1.29 is 0 Å². The van der Waals surface area contributed by atoms with E-state index in [4.69, 9.17) is 5.26 Å². The first-order valence-corrected chi connectivity index (χ1v) is 5.37. The lowest BCUT2D eigenvalue weighted by Crippen LogP contribution is -2.07. The monoisotopic (exact) mass is 211 g/mol. The lowest BCUT2D eigenvalue weighted by Gasteiger charge is -2.19. The molecule has 1 nitrogen and oxygen atoms in total. The van der Waals surface area contributed by atoms with Crippen molar-refractivity contribution >= 4 is 6.08 Å². The minimum Gasteiger partial charge on any atom is -0.193 e. The number of hydrogen-bond donors (Lipinski definition) is 0.